The highest BCUT2D eigenvalue weighted by molar-refractivity contribution is 5.77. The minimum absolute atomic E-state index is 0.231. The second kappa shape index (κ2) is 5.77. The minimum Gasteiger partial charge on any atom is -0.480 e. The zero-order valence-corrected chi connectivity index (χ0v) is 12.1. The van der Waals surface area contributed by atoms with E-state index in [1.807, 2.05) is 0 Å². The summed E-state index contributed by atoms with van der Waals surface area (Å²) in [5.74, 6) is 0.0371. The van der Waals surface area contributed by atoms with Gasteiger partial charge in [0.05, 0.1) is 0 Å². The van der Waals surface area contributed by atoms with Crippen LogP contribution in [0.5, 0.6) is 0 Å². The number of rotatable bonds is 6. The van der Waals surface area contributed by atoms with Gasteiger partial charge in [0, 0.05) is 38.8 Å². The first-order valence-electron chi connectivity index (χ1n) is 7.37. The molecule has 2 rings (SSSR count). The Labute approximate surface area is 115 Å². The Hall–Kier alpha value is -0.650. The minimum atomic E-state index is -1.12. The molecule has 2 aliphatic rings. The number of carboxylic acid groups (broad SMARTS) is 1. The van der Waals surface area contributed by atoms with Crippen molar-refractivity contribution in [2.45, 2.75) is 44.7 Å². The summed E-state index contributed by atoms with van der Waals surface area (Å²) in [6.45, 7) is 9.23. The Morgan fingerprint density at radius 1 is 1.37 bits per heavy atom. The second-order valence-electron chi connectivity index (χ2n) is 6.56. The molecule has 0 aromatic carbocycles. The van der Waals surface area contributed by atoms with Crippen molar-refractivity contribution in [3.8, 4) is 0 Å². The number of carboxylic acids is 1. The SMILES string of the molecule is CC(CC(C)(N)C(=O)O)N1CCN(CC2CC2)CC1. The van der Waals surface area contributed by atoms with Gasteiger partial charge < -0.3 is 15.7 Å². The molecule has 0 bridgehead atoms. The third kappa shape index (κ3) is 4.16. The highest BCUT2D eigenvalue weighted by atomic mass is 16.4. The van der Waals surface area contributed by atoms with Crippen molar-refractivity contribution in [3.05, 3.63) is 0 Å². The Morgan fingerprint density at radius 2 is 1.95 bits per heavy atom. The number of aliphatic carboxylic acids is 1. The normalized spacial score (nSPS) is 26.9. The van der Waals surface area contributed by atoms with Crippen molar-refractivity contribution >= 4 is 5.97 Å². The van der Waals surface area contributed by atoms with Gasteiger partial charge in [-0.05, 0) is 39.0 Å². The van der Waals surface area contributed by atoms with Gasteiger partial charge in [-0.25, -0.2) is 0 Å². The molecule has 110 valence electrons. The molecule has 1 aliphatic heterocycles. The van der Waals surface area contributed by atoms with Gasteiger partial charge >= 0.3 is 5.97 Å². The molecular weight excluding hydrogens is 242 g/mol. The van der Waals surface area contributed by atoms with E-state index in [2.05, 4.69) is 16.7 Å². The number of hydrogen-bond donors (Lipinski definition) is 2. The van der Waals surface area contributed by atoms with Crippen LogP contribution in [0.2, 0.25) is 0 Å². The van der Waals surface area contributed by atoms with Crippen molar-refractivity contribution in [1.29, 1.82) is 0 Å². The Morgan fingerprint density at radius 3 is 2.42 bits per heavy atom. The van der Waals surface area contributed by atoms with Crippen LogP contribution in [-0.2, 0) is 4.79 Å². The van der Waals surface area contributed by atoms with Gasteiger partial charge in [0.1, 0.15) is 5.54 Å². The molecule has 2 atom stereocenters. The van der Waals surface area contributed by atoms with E-state index in [1.54, 1.807) is 6.92 Å². The summed E-state index contributed by atoms with van der Waals surface area (Å²) >= 11 is 0. The van der Waals surface area contributed by atoms with Gasteiger partial charge in [-0.2, -0.15) is 0 Å². The molecule has 0 amide bonds. The van der Waals surface area contributed by atoms with Crippen LogP contribution in [-0.4, -0.2) is 65.2 Å². The lowest BCUT2D eigenvalue weighted by molar-refractivity contribution is -0.143. The van der Waals surface area contributed by atoms with Gasteiger partial charge in [0.25, 0.3) is 0 Å². The lowest BCUT2D eigenvalue weighted by Gasteiger charge is -2.39. The van der Waals surface area contributed by atoms with E-state index in [4.69, 9.17) is 10.8 Å². The van der Waals surface area contributed by atoms with Crippen LogP contribution in [0.15, 0.2) is 0 Å². The molecule has 1 saturated heterocycles. The predicted molar refractivity (Wildman–Crippen MR) is 75.0 cm³/mol. The molecule has 0 radical (unpaired) electrons. The summed E-state index contributed by atoms with van der Waals surface area (Å²) in [5.41, 5.74) is 4.71. The first kappa shape index (κ1) is 14.8. The average molecular weight is 269 g/mol. The van der Waals surface area contributed by atoms with Crippen molar-refractivity contribution in [2.75, 3.05) is 32.7 Å². The van der Waals surface area contributed by atoms with E-state index in [0.29, 0.717) is 6.42 Å². The van der Waals surface area contributed by atoms with Crippen LogP contribution in [0.3, 0.4) is 0 Å². The van der Waals surface area contributed by atoms with Crippen LogP contribution < -0.4 is 5.73 Å². The number of carbonyl (C=O) groups is 1. The molecule has 0 aromatic heterocycles. The zero-order chi connectivity index (χ0) is 14.0. The maximum absolute atomic E-state index is 11.1. The van der Waals surface area contributed by atoms with E-state index in [1.165, 1.54) is 19.4 Å². The van der Waals surface area contributed by atoms with Crippen molar-refractivity contribution in [1.82, 2.24) is 9.80 Å². The van der Waals surface area contributed by atoms with Crippen molar-refractivity contribution in [3.63, 3.8) is 0 Å². The first-order chi connectivity index (χ1) is 8.88. The second-order valence-corrected chi connectivity index (χ2v) is 6.56. The van der Waals surface area contributed by atoms with Crippen LogP contribution >= 0.6 is 0 Å². The maximum Gasteiger partial charge on any atom is 0.323 e. The van der Waals surface area contributed by atoms with Crippen LogP contribution in [0, 0.1) is 5.92 Å². The summed E-state index contributed by atoms with van der Waals surface area (Å²) < 4.78 is 0. The molecule has 1 heterocycles. The predicted octanol–water partition coefficient (Wildman–Crippen LogP) is 0.595. The van der Waals surface area contributed by atoms with Gasteiger partial charge in [0.2, 0.25) is 0 Å². The van der Waals surface area contributed by atoms with Crippen LogP contribution in [0.25, 0.3) is 0 Å². The quantitative estimate of drug-likeness (QED) is 0.739. The molecule has 0 aromatic rings. The largest absolute Gasteiger partial charge is 0.480 e. The molecule has 1 aliphatic carbocycles. The summed E-state index contributed by atoms with van der Waals surface area (Å²) in [4.78, 5) is 16.0. The first-order valence-corrected chi connectivity index (χ1v) is 7.37. The molecule has 1 saturated carbocycles. The Bertz CT molecular complexity index is 321. The van der Waals surface area contributed by atoms with E-state index in [0.717, 1.165) is 32.1 Å². The number of nitrogens with two attached hydrogens (primary N) is 1. The molecule has 19 heavy (non-hydrogen) atoms. The maximum atomic E-state index is 11.1. The van der Waals surface area contributed by atoms with Gasteiger partial charge in [-0.1, -0.05) is 0 Å². The molecule has 5 nitrogen and oxygen atoms in total. The van der Waals surface area contributed by atoms with E-state index < -0.39 is 11.5 Å². The summed E-state index contributed by atoms with van der Waals surface area (Å²) in [6, 6.07) is 0.231. The van der Waals surface area contributed by atoms with E-state index >= 15 is 0 Å². The summed E-state index contributed by atoms with van der Waals surface area (Å²) in [6.07, 6.45) is 3.31. The monoisotopic (exact) mass is 269 g/mol. The van der Waals surface area contributed by atoms with Gasteiger partial charge in [-0.15, -0.1) is 0 Å². The smallest absolute Gasteiger partial charge is 0.323 e. The Balaban J connectivity index is 1.75. The molecule has 5 heteroatoms. The number of hydrogen-bond acceptors (Lipinski definition) is 4. The van der Waals surface area contributed by atoms with Crippen molar-refractivity contribution < 1.29 is 9.90 Å². The van der Waals surface area contributed by atoms with E-state index in [9.17, 15) is 4.79 Å². The van der Waals surface area contributed by atoms with E-state index in [-0.39, 0.29) is 6.04 Å². The molecular formula is C14H27N3O2. The third-order valence-electron chi connectivity index (χ3n) is 4.45. The zero-order valence-electron chi connectivity index (χ0n) is 12.1. The van der Waals surface area contributed by atoms with Gasteiger partial charge in [-0.3, -0.25) is 9.69 Å². The Kier molecular flexibility index (Phi) is 4.48. The third-order valence-corrected chi connectivity index (χ3v) is 4.45. The van der Waals surface area contributed by atoms with Crippen LogP contribution in [0.4, 0.5) is 0 Å². The number of piperazine rings is 1. The fourth-order valence-electron chi connectivity index (χ4n) is 2.88. The molecule has 2 fully saturated rings. The van der Waals surface area contributed by atoms with Gasteiger partial charge in [0.15, 0.2) is 0 Å². The van der Waals surface area contributed by atoms with Crippen molar-refractivity contribution in [2.24, 2.45) is 11.7 Å². The fraction of sp³-hybridized carbons (Fsp3) is 0.929. The fourth-order valence-corrected chi connectivity index (χ4v) is 2.88. The highest BCUT2D eigenvalue weighted by Gasteiger charge is 2.33. The summed E-state index contributed by atoms with van der Waals surface area (Å²) in [5, 5.41) is 9.08. The highest BCUT2D eigenvalue weighted by Crippen LogP contribution is 2.30. The lowest BCUT2D eigenvalue weighted by atomic mass is 9.94. The summed E-state index contributed by atoms with van der Waals surface area (Å²) in [7, 11) is 0. The lowest BCUT2D eigenvalue weighted by Crippen LogP contribution is -2.54. The number of nitrogens with zero attached hydrogens (tertiary/aromatic N) is 2. The average Bonchev–Trinajstić information content (AvgIpc) is 3.13. The topological polar surface area (TPSA) is 69.8 Å². The molecule has 3 N–H and O–H groups in total. The molecule has 0 spiro atoms. The standard InChI is InChI=1S/C14H27N3O2/c1-11(9-14(2,15)13(18)19)17-7-5-16(6-8-17)10-12-3-4-12/h11-12H,3-10,15H2,1-2H3,(H,18,19). The molecule has 2 unspecified atom stereocenters. The van der Waals surface area contributed by atoms with Crippen LogP contribution in [0.1, 0.15) is 33.1 Å².